The Labute approximate surface area is 179 Å². The number of hydrogen-bond donors (Lipinski definition) is 4. The van der Waals surface area contributed by atoms with E-state index in [4.69, 9.17) is 9.84 Å². The minimum atomic E-state index is -0.989. The van der Waals surface area contributed by atoms with Gasteiger partial charge in [-0.2, -0.15) is 0 Å². The summed E-state index contributed by atoms with van der Waals surface area (Å²) < 4.78 is 5.28. The van der Waals surface area contributed by atoms with Gasteiger partial charge in [0.15, 0.2) is 5.78 Å². The van der Waals surface area contributed by atoms with Gasteiger partial charge in [-0.3, -0.25) is 4.79 Å². The zero-order chi connectivity index (χ0) is 22.0. The molecule has 1 fully saturated rings. The summed E-state index contributed by atoms with van der Waals surface area (Å²) in [7, 11) is 1.57. The molecule has 0 spiro atoms. The highest BCUT2D eigenvalue weighted by molar-refractivity contribution is 6.18. The Hall–Kier alpha value is -3.62. The summed E-state index contributed by atoms with van der Waals surface area (Å²) in [4.78, 5) is 36.0. The quantitative estimate of drug-likeness (QED) is 0.447. The number of aromatic nitrogens is 3. The minimum absolute atomic E-state index is 0.0265. The molecule has 31 heavy (non-hydrogen) atoms. The molecule has 1 aromatic carbocycles. The largest absolute Gasteiger partial charge is 0.497 e. The smallest absolute Gasteiger partial charge is 0.404 e. The van der Waals surface area contributed by atoms with Gasteiger partial charge in [0.1, 0.15) is 23.5 Å². The number of fused-ring (bicyclic) bond motifs is 1. The first kappa shape index (κ1) is 20.6. The second-order valence-electron chi connectivity index (χ2n) is 7.80. The number of aryl methyl sites for hydroxylation is 1. The second-order valence-corrected chi connectivity index (χ2v) is 7.80. The van der Waals surface area contributed by atoms with Crippen LogP contribution >= 0.6 is 0 Å². The molecule has 0 saturated heterocycles. The van der Waals surface area contributed by atoms with Crippen LogP contribution in [0.4, 0.5) is 10.6 Å². The van der Waals surface area contributed by atoms with Crippen molar-refractivity contribution in [3.63, 3.8) is 0 Å². The van der Waals surface area contributed by atoms with E-state index in [1.807, 2.05) is 19.1 Å². The summed E-state index contributed by atoms with van der Waals surface area (Å²) >= 11 is 0. The van der Waals surface area contributed by atoms with Gasteiger partial charge in [-0.05, 0) is 50.3 Å². The zero-order valence-corrected chi connectivity index (χ0v) is 17.4. The van der Waals surface area contributed by atoms with Crippen molar-refractivity contribution >= 4 is 28.7 Å². The summed E-state index contributed by atoms with van der Waals surface area (Å²) in [5.74, 6) is 1.09. The number of amides is 1. The van der Waals surface area contributed by atoms with Crippen molar-refractivity contribution in [3.05, 3.63) is 47.4 Å². The Morgan fingerprint density at radius 2 is 1.87 bits per heavy atom. The van der Waals surface area contributed by atoms with Gasteiger partial charge in [0.25, 0.3) is 0 Å². The van der Waals surface area contributed by atoms with Crippen LogP contribution in [0, 0.1) is 6.92 Å². The standard InChI is InChI=1S/C22H25N5O4/c1-12-3-8-15(31-2)9-16(12)19(28)17-10-23-20-18(17)21(25-11-24-20)26-13-4-6-14(7-5-13)27-22(29)30/h3,8-11,13-14,27H,4-7H2,1-2H3,(H,29,30)(H2,23,24,25,26)/t13-,14+. The third-order valence-corrected chi connectivity index (χ3v) is 5.80. The SMILES string of the molecule is COc1ccc(C)c(C(=O)c2c[nH]c3ncnc(N[C@H]4CC[C@@H](NC(=O)O)CC4)c23)c1. The first-order valence-electron chi connectivity index (χ1n) is 10.2. The van der Waals surface area contributed by atoms with E-state index in [1.54, 1.807) is 19.4 Å². The molecule has 9 heteroatoms. The van der Waals surface area contributed by atoms with Crippen molar-refractivity contribution in [2.24, 2.45) is 0 Å². The number of ketones is 1. The van der Waals surface area contributed by atoms with E-state index in [0.717, 1.165) is 31.2 Å². The minimum Gasteiger partial charge on any atom is -0.497 e. The highest BCUT2D eigenvalue weighted by Crippen LogP contribution is 2.30. The lowest BCUT2D eigenvalue weighted by Crippen LogP contribution is -2.39. The summed E-state index contributed by atoms with van der Waals surface area (Å²) in [6.45, 7) is 1.89. The van der Waals surface area contributed by atoms with Crippen molar-refractivity contribution in [2.45, 2.75) is 44.7 Å². The van der Waals surface area contributed by atoms with Crippen LogP contribution in [-0.4, -0.2) is 51.1 Å². The van der Waals surface area contributed by atoms with E-state index in [0.29, 0.717) is 33.7 Å². The van der Waals surface area contributed by atoms with E-state index in [-0.39, 0.29) is 17.9 Å². The molecule has 4 N–H and O–H groups in total. The number of ether oxygens (including phenoxy) is 1. The van der Waals surface area contributed by atoms with Gasteiger partial charge in [0.2, 0.25) is 0 Å². The Bertz CT molecular complexity index is 1120. The Balaban J connectivity index is 1.60. The molecule has 162 valence electrons. The van der Waals surface area contributed by atoms with Crippen molar-refractivity contribution in [1.29, 1.82) is 0 Å². The lowest BCUT2D eigenvalue weighted by molar-refractivity contribution is 0.103. The molecule has 0 aliphatic heterocycles. The molecule has 9 nitrogen and oxygen atoms in total. The number of hydrogen-bond acceptors (Lipinski definition) is 6. The van der Waals surface area contributed by atoms with Gasteiger partial charge in [-0.25, -0.2) is 14.8 Å². The molecule has 1 aliphatic rings. The highest BCUT2D eigenvalue weighted by atomic mass is 16.5. The Morgan fingerprint density at radius 3 is 2.58 bits per heavy atom. The van der Waals surface area contributed by atoms with E-state index < -0.39 is 6.09 Å². The van der Waals surface area contributed by atoms with Gasteiger partial charge in [0.05, 0.1) is 18.1 Å². The average molecular weight is 423 g/mol. The number of benzene rings is 1. The predicted octanol–water partition coefficient (Wildman–Crippen LogP) is 3.50. The van der Waals surface area contributed by atoms with E-state index in [1.165, 1.54) is 6.33 Å². The monoisotopic (exact) mass is 423 g/mol. The molecule has 2 aromatic heterocycles. The summed E-state index contributed by atoms with van der Waals surface area (Å²) in [6.07, 6.45) is 5.25. The number of H-pyrrole nitrogens is 1. The maximum Gasteiger partial charge on any atom is 0.404 e. The number of anilines is 1. The maximum absolute atomic E-state index is 13.4. The topological polar surface area (TPSA) is 129 Å². The average Bonchev–Trinajstić information content (AvgIpc) is 3.20. The first-order chi connectivity index (χ1) is 15.0. The number of nitrogens with zero attached hydrogens (tertiary/aromatic N) is 2. The van der Waals surface area contributed by atoms with Crippen molar-refractivity contribution in [1.82, 2.24) is 20.3 Å². The molecule has 1 aliphatic carbocycles. The maximum atomic E-state index is 13.4. The number of carboxylic acid groups (broad SMARTS) is 1. The lowest BCUT2D eigenvalue weighted by Gasteiger charge is -2.29. The third kappa shape index (κ3) is 4.30. The predicted molar refractivity (Wildman–Crippen MR) is 116 cm³/mol. The number of nitrogens with one attached hydrogen (secondary N) is 3. The van der Waals surface area contributed by atoms with Crippen LogP contribution < -0.4 is 15.4 Å². The summed E-state index contributed by atoms with van der Waals surface area (Å²) in [6, 6.07) is 5.54. The van der Waals surface area contributed by atoms with Crippen LogP contribution in [0.5, 0.6) is 5.75 Å². The molecule has 3 aromatic rings. The van der Waals surface area contributed by atoms with Crippen LogP contribution in [0.15, 0.2) is 30.7 Å². The number of carbonyl (C=O) groups is 2. The fourth-order valence-electron chi connectivity index (χ4n) is 4.12. The first-order valence-corrected chi connectivity index (χ1v) is 10.2. The van der Waals surface area contributed by atoms with Crippen LogP contribution in [0.2, 0.25) is 0 Å². The van der Waals surface area contributed by atoms with E-state index in [9.17, 15) is 9.59 Å². The molecule has 4 rings (SSSR count). The summed E-state index contributed by atoms with van der Waals surface area (Å²) in [5.41, 5.74) is 2.50. The number of rotatable bonds is 6. The number of carbonyl (C=O) groups excluding carboxylic acids is 1. The van der Waals surface area contributed by atoms with Gasteiger partial charge in [-0.15, -0.1) is 0 Å². The number of aromatic amines is 1. The van der Waals surface area contributed by atoms with Crippen LogP contribution in [-0.2, 0) is 0 Å². The fraction of sp³-hybridized carbons (Fsp3) is 0.364. The molecule has 1 amide bonds. The highest BCUT2D eigenvalue weighted by Gasteiger charge is 2.25. The molecule has 2 heterocycles. The van der Waals surface area contributed by atoms with Crippen LogP contribution in [0.1, 0.15) is 47.2 Å². The Morgan fingerprint density at radius 1 is 1.13 bits per heavy atom. The van der Waals surface area contributed by atoms with Gasteiger partial charge in [0, 0.05) is 23.8 Å². The van der Waals surface area contributed by atoms with E-state index >= 15 is 0 Å². The molecule has 0 unspecified atom stereocenters. The normalized spacial score (nSPS) is 18.5. The van der Waals surface area contributed by atoms with Crippen molar-refractivity contribution < 1.29 is 19.4 Å². The van der Waals surface area contributed by atoms with Crippen molar-refractivity contribution in [3.8, 4) is 5.75 Å². The second kappa shape index (κ2) is 8.63. The van der Waals surface area contributed by atoms with Gasteiger partial charge >= 0.3 is 6.09 Å². The summed E-state index contributed by atoms with van der Waals surface area (Å²) in [5, 5.41) is 15.6. The van der Waals surface area contributed by atoms with Gasteiger partial charge < -0.3 is 25.5 Å². The lowest BCUT2D eigenvalue weighted by atomic mass is 9.91. The molecular formula is C22H25N5O4. The molecule has 0 atom stereocenters. The number of methoxy groups -OCH3 is 1. The molecule has 0 radical (unpaired) electrons. The Kier molecular flexibility index (Phi) is 5.75. The van der Waals surface area contributed by atoms with Crippen LogP contribution in [0.25, 0.3) is 11.0 Å². The van der Waals surface area contributed by atoms with E-state index in [2.05, 4.69) is 25.6 Å². The molecular weight excluding hydrogens is 398 g/mol. The van der Waals surface area contributed by atoms with Crippen LogP contribution in [0.3, 0.4) is 0 Å². The van der Waals surface area contributed by atoms with Gasteiger partial charge in [-0.1, -0.05) is 6.07 Å². The molecule has 0 bridgehead atoms. The third-order valence-electron chi connectivity index (χ3n) is 5.80. The molecule has 1 saturated carbocycles. The fourth-order valence-corrected chi connectivity index (χ4v) is 4.12. The zero-order valence-electron chi connectivity index (χ0n) is 17.4. The van der Waals surface area contributed by atoms with Crippen molar-refractivity contribution in [2.75, 3.05) is 12.4 Å².